The molecule has 3 rings (SSSR count). The number of ether oxygens (including phenoxy) is 1. The molecule has 2 aromatic rings. The Morgan fingerprint density at radius 2 is 1.95 bits per heavy atom. The Kier molecular flexibility index (Phi) is 3.29. The summed E-state index contributed by atoms with van der Waals surface area (Å²) >= 11 is 0. The smallest absolute Gasteiger partial charge is 0.332 e. The Bertz CT molecular complexity index is 786. The van der Waals surface area contributed by atoms with Gasteiger partial charge in [0.2, 0.25) is 0 Å². The predicted octanol–water partition coefficient (Wildman–Crippen LogP) is -2.91. The summed E-state index contributed by atoms with van der Waals surface area (Å²) in [6.45, 7) is -0.531. The molecule has 4 N–H and O–H groups in total. The highest BCUT2D eigenvalue weighted by molar-refractivity contribution is 5.67. The fourth-order valence-corrected chi connectivity index (χ4v) is 2.31. The van der Waals surface area contributed by atoms with Crippen LogP contribution in [0.1, 0.15) is 6.23 Å². The molecule has 1 fully saturated rings. The Morgan fingerprint density at radius 1 is 1.24 bits per heavy atom. The molecule has 112 valence electrons. The molecule has 1 aliphatic rings. The van der Waals surface area contributed by atoms with Gasteiger partial charge in [-0.05, 0) is 0 Å². The Labute approximate surface area is 116 Å². The number of aliphatic hydroxyl groups excluding tert-OH is 3. The van der Waals surface area contributed by atoms with Crippen LogP contribution in [0.3, 0.4) is 0 Å². The molecule has 0 amide bonds. The van der Waals surface area contributed by atoms with Crippen LogP contribution < -0.4 is 11.2 Å². The fourth-order valence-electron chi connectivity index (χ4n) is 2.31. The van der Waals surface area contributed by atoms with Crippen LogP contribution in [0.5, 0.6) is 0 Å². The SMILES string of the molecule is O=c1[nH]c(=O)n([C@@H]2O[C@H](CO)[C@@H](O)[C@H]2O)c2nccnc12. The van der Waals surface area contributed by atoms with E-state index in [1.54, 1.807) is 0 Å². The zero-order valence-electron chi connectivity index (χ0n) is 10.6. The Hall–Kier alpha value is -2.14. The van der Waals surface area contributed by atoms with E-state index in [2.05, 4.69) is 9.97 Å². The number of fused-ring (bicyclic) bond motifs is 1. The lowest BCUT2D eigenvalue weighted by Crippen LogP contribution is -2.39. The number of hydrogen-bond donors (Lipinski definition) is 4. The van der Waals surface area contributed by atoms with Crippen LogP contribution in [-0.2, 0) is 4.74 Å². The second-order valence-corrected chi connectivity index (χ2v) is 4.59. The topological polar surface area (TPSA) is 151 Å². The number of hydrogen-bond acceptors (Lipinski definition) is 8. The predicted molar refractivity (Wildman–Crippen MR) is 67.4 cm³/mol. The lowest BCUT2D eigenvalue weighted by molar-refractivity contribution is -0.0530. The maximum Gasteiger partial charge on any atom is 0.332 e. The van der Waals surface area contributed by atoms with E-state index in [1.165, 1.54) is 12.4 Å². The van der Waals surface area contributed by atoms with Crippen LogP contribution in [0.25, 0.3) is 11.2 Å². The van der Waals surface area contributed by atoms with Crippen LogP contribution in [-0.4, -0.2) is 59.8 Å². The number of nitrogens with one attached hydrogen (secondary N) is 1. The summed E-state index contributed by atoms with van der Waals surface area (Å²) in [6, 6.07) is 0. The average molecular weight is 296 g/mol. The molecular formula is C11H12N4O6. The number of rotatable bonds is 2. The van der Waals surface area contributed by atoms with E-state index >= 15 is 0 Å². The van der Waals surface area contributed by atoms with Crippen molar-refractivity contribution in [2.75, 3.05) is 6.61 Å². The largest absolute Gasteiger partial charge is 0.394 e. The molecule has 0 saturated carbocycles. The van der Waals surface area contributed by atoms with Crippen molar-refractivity contribution in [1.29, 1.82) is 0 Å². The van der Waals surface area contributed by atoms with E-state index in [0.717, 1.165) is 4.57 Å². The molecule has 1 aliphatic heterocycles. The molecule has 0 spiro atoms. The first kappa shape index (κ1) is 13.8. The van der Waals surface area contributed by atoms with Gasteiger partial charge in [0.1, 0.15) is 18.3 Å². The van der Waals surface area contributed by atoms with Gasteiger partial charge >= 0.3 is 5.69 Å². The van der Waals surface area contributed by atoms with Gasteiger partial charge in [0.25, 0.3) is 5.56 Å². The first-order chi connectivity index (χ1) is 10.0. The highest BCUT2D eigenvalue weighted by atomic mass is 16.6. The minimum Gasteiger partial charge on any atom is -0.394 e. The summed E-state index contributed by atoms with van der Waals surface area (Å²) in [5.41, 5.74) is -1.76. The van der Waals surface area contributed by atoms with Crippen molar-refractivity contribution in [1.82, 2.24) is 19.5 Å². The second-order valence-electron chi connectivity index (χ2n) is 4.59. The minimum absolute atomic E-state index is 0.0823. The highest BCUT2D eigenvalue weighted by Gasteiger charge is 2.44. The van der Waals surface area contributed by atoms with Gasteiger partial charge in [-0.2, -0.15) is 0 Å². The summed E-state index contributed by atoms with van der Waals surface area (Å²) in [7, 11) is 0. The van der Waals surface area contributed by atoms with Gasteiger partial charge in [-0.25, -0.2) is 19.3 Å². The van der Waals surface area contributed by atoms with Gasteiger partial charge in [0, 0.05) is 12.4 Å². The summed E-state index contributed by atoms with van der Waals surface area (Å²) < 4.78 is 6.17. The van der Waals surface area contributed by atoms with Crippen molar-refractivity contribution in [2.24, 2.45) is 0 Å². The molecule has 0 aromatic carbocycles. The van der Waals surface area contributed by atoms with Crippen LogP contribution in [0.4, 0.5) is 0 Å². The van der Waals surface area contributed by atoms with E-state index in [9.17, 15) is 19.8 Å². The monoisotopic (exact) mass is 296 g/mol. The van der Waals surface area contributed by atoms with E-state index in [-0.39, 0.29) is 11.2 Å². The number of aromatic amines is 1. The van der Waals surface area contributed by atoms with Gasteiger partial charge in [-0.15, -0.1) is 0 Å². The minimum atomic E-state index is -1.46. The van der Waals surface area contributed by atoms with Crippen LogP contribution in [0, 0.1) is 0 Å². The van der Waals surface area contributed by atoms with E-state index in [1.807, 2.05) is 4.98 Å². The van der Waals surface area contributed by atoms with E-state index in [0.29, 0.717) is 0 Å². The fraction of sp³-hybridized carbons (Fsp3) is 0.455. The molecule has 4 atom stereocenters. The third-order valence-corrected chi connectivity index (χ3v) is 3.33. The number of aromatic nitrogens is 4. The van der Waals surface area contributed by atoms with Gasteiger partial charge in [-0.3, -0.25) is 9.78 Å². The molecule has 21 heavy (non-hydrogen) atoms. The van der Waals surface area contributed by atoms with Crippen molar-refractivity contribution in [3.63, 3.8) is 0 Å². The summed E-state index contributed by atoms with van der Waals surface area (Å²) in [5.74, 6) is 0. The van der Waals surface area contributed by atoms with Crippen LogP contribution >= 0.6 is 0 Å². The first-order valence-electron chi connectivity index (χ1n) is 6.12. The maximum atomic E-state index is 12.0. The summed E-state index contributed by atoms with van der Waals surface area (Å²) in [5, 5.41) is 28.8. The van der Waals surface area contributed by atoms with Crippen molar-refractivity contribution in [3.05, 3.63) is 33.2 Å². The Morgan fingerprint density at radius 3 is 2.62 bits per heavy atom. The number of H-pyrrole nitrogens is 1. The molecule has 10 heteroatoms. The molecule has 0 unspecified atom stereocenters. The first-order valence-corrected chi connectivity index (χ1v) is 6.12. The normalized spacial score (nSPS) is 29.1. The standard InChI is InChI=1S/C11H12N4O6/c16-3-4-6(17)7(18)10(21-4)15-8-5(12-1-2-13-8)9(19)14-11(15)20/h1-2,4,6-7,10,16-18H,3H2,(H,14,19,20)/t4-,6-,7-,10-/m1/s1. The second kappa shape index (κ2) is 5.00. The molecule has 0 radical (unpaired) electrons. The molecule has 0 aliphatic carbocycles. The highest BCUT2D eigenvalue weighted by Crippen LogP contribution is 2.29. The summed E-state index contributed by atoms with van der Waals surface area (Å²) in [4.78, 5) is 33.4. The number of aliphatic hydroxyl groups is 3. The lowest BCUT2D eigenvalue weighted by atomic mass is 10.1. The molecule has 3 heterocycles. The van der Waals surface area contributed by atoms with Gasteiger partial charge in [-0.1, -0.05) is 0 Å². The van der Waals surface area contributed by atoms with Gasteiger partial charge < -0.3 is 20.1 Å². The molecule has 0 bridgehead atoms. The Balaban J connectivity index is 2.22. The third-order valence-electron chi connectivity index (χ3n) is 3.33. The van der Waals surface area contributed by atoms with E-state index in [4.69, 9.17) is 9.84 Å². The average Bonchev–Trinajstić information content (AvgIpc) is 2.75. The summed E-state index contributed by atoms with van der Waals surface area (Å²) in [6.07, 6.45) is -2.61. The zero-order chi connectivity index (χ0) is 15.1. The molecule has 2 aromatic heterocycles. The molecule has 1 saturated heterocycles. The third kappa shape index (κ3) is 2.05. The number of nitrogens with zero attached hydrogens (tertiary/aromatic N) is 3. The lowest BCUT2D eigenvalue weighted by Gasteiger charge is -2.18. The van der Waals surface area contributed by atoms with E-state index < -0.39 is 42.4 Å². The van der Waals surface area contributed by atoms with Crippen molar-refractivity contribution in [2.45, 2.75) is 24.5 Å². The van der Waals surface area contributed by atoms with Crippen molar-refractivity contribution in [3.8, 4) is 0 Å². The quantitative estimate of drug-likeness (QED) is 0.460. The van der Waals surface area contributed by atoms with Crippen molar-refractivity contribution >= 4 is 11.2 Å². The molecular weight excluding hydrogens is 284 g/mol. The van der Waals surface area contributed by atoms with Crippen LogP contribution in [0.15, 0.2) is 22.0 Å². The van der Waals surface area contributed by atoms with Gasteiger partial charge in [0.05, 0.1) is 6.61 Å². The van der Waals surface area contributed by atoms with Crippen molar-refractivity contribution < 1.29 is 20.1 Å². The maximum absolute atomic E-state index is 12.0. The zero-order valence-corrected chi connectivity index (χ0v) is 10.6. The van der Waals surface area contributed by atoms with Gasteiger partial charge in [0.15, 0.2) is 17.4 Å². The van der Waals surface area contributed by atoms with Crippen LogP contribution in [0.2, 0.25) is 0 Å². The molecule has 10 nitrogen and oxygen atoms in total.